The van der Waals surface area contributed by atoms with Crippen molar-refractivity contribution >= 4 is 73.6 Å². The average Bonchev–Trinajstić information content (AvgIpc) is 3.62. The Bertz CT molecular complexity index is 1640. The van der Waals surface area contributed by atoms with Crippen LogP contribution in [0.4, 0.5) is 5.00 Å². The van der Waals surface area contributed by atoms with Crippen LogP contribution in [0.3, 0.4) is 0 Å². The van der Waals surface area contributed by atoms with Gasteiger partial charge in [-0.05, 0) is 59.7 Å². The van der Waals surface area contributed by atoms with E-state index >= 15 is 0 Å². The third-order valence-electron chi connectivity index (χ3n) is 5.18. The van der Waals surface area contributed by atoms with Crippen LogP contribution in [-0.4, -0.2) is 22.2 Å². The maximum atomic E-state index is 11.6. The van der Waals surface area contributed by atoms with Gasteiger partial charge in [0.2, 0.25) is 0 Å². The Morgan fingerprint density at radius 2 is 1.19 bits per heavy atom. The minimum Gasteiger partial charge on any atom is -0.481 e. The van der Waals surface area contributed by atoms with Crippen LogP contribution < -0.4 is 5.73 Å². The van der Waals surface area contributed by atoms with Crippen LogP contribution in [0.1, 0.15) is 16.0 Å². The lowest BCUT2D eigenvalue weighted by molar-refractivity contribution is -0.137. The van der Waals surface area contributed by atoms with Crippen molar-refractivity contribution in [3.05, 3.63) is 64.5 Å². The van der Waals surface area contributed by atoms with Crippen LogP contribution in [0.15, 0.2) is 48.5 Å². The Kier molecular flexibility index (Phi) is 6.79. The first-order chi connectivity index (χ1) is 17.3. The summed E-state index contributed by atoms with van der Waals surface area (Å²) in [7, 11) is 0. The Balaban J connectivity index is 1.56. The molecular weight excluding hydrogens is 553 g/mol. The number of nitrogen functional groups attached to an aromatic ring is 1. The van der Waals surface area contributed by atoms with E-state index in [1.165, 1.54) is 56.7 Å². The summed E-state index contributed by atoms with van der Waals surface area (Å²) >= 11 is 7.40. The third-order valence-corrected chi connectivity index (χ3v) is 11.3. The van der Waals surface area contributed by atoms with Crippen molar-refractivity contribution in [3.8, 4) is 45.1 Å². The van der Waals surface area contributed by atoms with Crippen LogP contribution in [-0.2, 0) is 22.4 Å². The monoisotopic (exact) mass is 568 g/mol. The number of aliphatic carboxylic acids is 2. The SMILES string of the molecule is N#Cc1ccc(-c2cc(CC(=O)O)c(-c3ccc(-c4sc(-c5ccc(N)s5)cc4CC(=O)O)s3)s2)s1. The van der Waals surface area contributed by atoms with Gasteiger partial charge in [0.05, 0.1) is 17.8 Å². The molecule has 0 amide bonds. The van der Waals surface area contributed by atoms with Gasteiger partial charge in [-0.15, -0.1) is 56.7 Å². The molecular formula is C25H16N2O4S5. The average molecular weight is 569 g/mol. The van der Waals surface area contributed by atoms with Gasteiger partial charge in [0.1, 0.15) is 10.9 Å². The summed E-state index contributed by atoms with van der Waals surface area (Å²) in [5, 5.41) is 28.8. The normalized spacial score (nSPS) is 11.0. The maximum absolute atomic E-state index is 11.6. The molecule has 0 aromatic carbocycles. The number of nitriles is 1. The zero-order valence-electron chi connectivity index (χ0n) is 18.3. The minimum absolute atomic E-state index is 0.0903. The molecule has 0 atom stereocenters. The predicted octanol–water partition coefficient (Wildman–Crippen LogP) is 7.37. The molecule has 0 spiro atoms. The summed E-state index contributed by atoms with van der Waals surface area (Å²) in [4.78, 5) is 31.1. The van der Waals surface area contributed by atoms with Gasteiger partial charge in [-0.1, -0.05) is 0 Å². The van der Waals surface area contributed by atoms with E-state index in [9.17, 15) is 19.8 Å². The second-order valence-corrected chi connectivity index (χ2v) is 13.1. The molecule has 0 unspecified atom stereocenters. The number of carboxylic acids is 2. The molecule has 0 saturated carbocycles. The summed E-state index contributed by atoms with van der Waals surface area (Å²) in [6, 6.07) is 17.3. The molecule has 0 aliphatic carbocycles. The highest BCUT2D eigenvalue weighted by atomic mass is 32.1. The first-order valence-electron chi connectivity index (χ1n) is 10.5. The van der Waals surface area contributed by atoms with E-state index in [2.05, 4.69) is 6.07 Å². The second kappa shape index (κ2) is 10.0. The number of anilines is 1. The molecule has 4 N–H and O–H groups in total. The van der Waals surface area contributed by atoms with E-state index in [0.717, 1.165) is 50.1 Å². The summed E-state index contributed by atoms with van der Waals surface area (Å²) in [6.45, 7) is 0. The lowest BCUT2D eigenvalue weighted by atomic mass is 10.1. The van der Waals surface area contributed by atoms with E-state index in [1.807, 2.05) is 42.5 Å². The smallest absolute Gasteiger partial charge is 0.307 e. The number of hydrogen-bond acceptors (Lipinski definition) is 9. The first-order valence-corrected chi connectivity index (χ1v) is 14.5. The third kappa shape index (κ3) is 5.00. The molecule has 0 aliphatic rings. The molecule has 0 fully saturated rings. The van der Waals surface area contributed by atoms with Crippen LogP contribution in [0.2, 0.25) is 0 Å². The van der Waals surface area contributed by atoms with Crippen molar-refractivity contribution in [1.29, 1.82) is 5.26 Å². The highest BCUT2D eigenvalue weighted by Gasteiger charge is 2.21. The summed E-state index contributed by atoms with van der Waals surface area (Å²) in [5.74, 6) is -1.81. The fraction of sp³-hybridized carbons (Fsp3) is 0.0800. The molecule has 180 valence electrons. The Morgan fingerprint density at radius 1 is 0.694 bits per heavy atom. The molecule has 11 heteroatoms. The first kappa shape index (κ1) is 24.4. The van der Waals surface area contributed by atoms with Crippen LogP contribution in [0.5, 0.6) is 0 Å². The summed E-state index contributed by atoms with van der Waals surface area (Å²) in [6.07, 6.45) is -0.199. The zero-order valence-corrected chi connectivity index (χ0v) is 22.4. The van der Waals surface area contributed by atoms with Gasteiger partial charge in [-0.3, -0.25) is 9.59 Å². The molecule has 36 heavy (non-hydrogen) atoms. The number of hydrogen-bond donors (Lipinski definition) is 3. The Morgan fingerprint density at radius 3 is 1.64 bits per heavy atom. The molecule has 6 nitrogen and oxygen atoms in total. The lowest BCUT2D eigenvalue weighted by Gasteiger charge is -1.99. The van der Waals surface area contributed by atoms with Gasteiger partial charge in [0.15, 0.2) is 0 Å². The van der Waals surface area contributed by atoms with Crippen molar-refractivity contribution in [3.63, 3.8) is 0 Å². The quantitative estimate of drug-likeness (QED) is 0.179. The number of rotatable bonds is 8. The van der Waals surface area contributed by atoms with Crippen molar-refractivity contribution in [2.75, 3.05) is 5.73 Å². The fourth-order valence-corrected chi connectivity index (χ4v) is 9.10. The van der Waals surface area contributed by atoms with Crippen molar-refractivity contribution in [1.82, 2.24) is 0 Å². The van der Waals surface area contributed by atoms with Crippen LogP contribution in [0.25, 0.3) is 39.0 Å². The molecule has 5 rings (SSSR count). The molecule has 0 radical (unpaired) electrons. The van der Waals surface area contributed by atoms with Crippen LogP contribution >= 0.6 is 56.7 Å². The molecule has 5 heterocycles. The fourth-order valence-electron chi connectivity index (χ4n) is 3.70. The second-order valence-electron chi connectivity index (χ2n) is 7.71. The van der Waals surface area contributed by atoms with Crippen molar-refractivity contribution < 1.29 is 19.8 Å². The number of nitrogens with zero attached hydrogens (tertiary/aromatic N) is 1. The summed E-state index contributed by atoms with van der Waals surface area (Å²) in [5.41, 5.74) is 7.35. The number of carboxylic acid groups (broad SMARTS) is 2. The van der Waals surface area contributed by atoms with E-state index in [0.29, 0.717) is 9.88 Å². The number of nitrogens with two attached hydrogens (primary N) is 1. The van der Waals surface area contributed by atoms with Crippen LogP contribution in [0, 0.1) is 11.3 Å². The van der Waals surface area contributed by atoms with E-state index < -0.39 is 11.9 Å². The number of thiophene rings is 5. The topological polar surface area (TPSA) is 124 Å². The number of carbonyl (C=O) groups is 2. The van der Waals surface area contributed by atoms with Gasteiger partial charge >= 0.3 is 11.9 Å². The van der Waals surface area contributed by atoms with Gasteiger partial charge in [0.25, 0.3) is 0 Å². The van der Waals surface area contributed by atoms with E-state index in [-0.39, 0.29) is 12.8 Å². The highest BCUT2D eigenvalue weighted by Crippen LogP contribution is 2.48. The van der Waals surface area contributed by atoms with Gasteiger partial charge in [-0.25, -0.2) is 0 Å². The molecule has 5 aromatic rings. The predicted molar refractivity (Wildman–Crippen MR) is 149 cm³/mol. The molecule has 0 bridgehead atoms. The van der Waals surface area contributed by atoms with Gasteiger partial charge < -0.3 is 15.9 Å². The van der Waals surface area contributed by atoms with Gasteiger partial charge in [0, 0.05) is 39.0 Å². The minimum atomic E-state index is -0.914. The Labute approximate surface area is 225 Å². The standard InChI is InChI=1S/C25H16N2O4S5/c26-11-14-1-2-15(32-14)19-7-12(9-22(28)29)24(35-19)17-3-4-18(33-17)25-13(10-23(30)31)8-20(36-25)16-5-6-21(27)34-16/h1-8H,9-10,27H2,(H,28,29)(H,30,31). The molecule has 0 saturated heterocycles. The highest BCUT2D eigenvalue weighted by molar-refractivity contribution is 7.30. The maximum Gasteiger partial charge on any atom is 0.307 e. The van der Waals surface area contributed by atoms with Crippen molar-refractivity contribution in [2.45, 2.75) is 12.8 Å². The van der Waals surface area contributed by atoms with E-state index in [1.54, 1.807) is 6.07 Å². The summed E-state index contributed by atoms with van der Waals surface area (Å²) < 4.78 is 0. The molecule has 5 aromatic heterocycles. The van der Waals surface area contributed by atoms with Gasteiger partial charge in [-0.2, -0.15) is 5.26 Å². The van der Waals surface area contributed by atoms with E-state index in [4.69, 9.17) is 11.0 Å². The largest absolute Gasteiger partial charge is 0.481 e. The zero-order chi connectivity index (χ0) is 25.4. The molecule has 0 aliphatic heterocycles. The van der Waals surface area contributed by atoms with Crippen molar-refractivity contribution in [2.24, 2.45) is 0 Å². The Hall–Kier alpha value is -3.27. The lowest BCUT2D eigenvalue weighted by Crippen LogP contribution is -1.99.